The van der Waals surface area contributed by atoms with Gasteiger partial charge in [-0.2, -0.15) is 0 Å². The zero-order valence-corrected chi connectivity index (χ0v) is 11.3. The number of fused-ring (bicyclic) bond motifs is 2. The van der Waals surface area contributed by atoms with Crippen LogP contribution >= 0.6 is 12.4 Å². The van der Waals surface area contributed by atoms with Crippen molar-refractivity contribution in [3.63, 3.8) is 0 Å². The number of para-hydroxylation sites is 1. The maximum absolute atomic E-state index is 12.5. The number of hydrogen-bond donors (Lipinski definition) is 0. The number of halogens is 1. The Morgan fingerprint density at radius 2 is 2.05 bits per heavy atom. The molecule has 1 aliphatic rings. The summed E-state index contributed by atoms with van der Waals surface area (Å²) in [5.41, 5.74) is 1.13. The Balaban J connectivity index is 0.00000147. The number of rotatable bonds is 1. The van der Waals surface area contributed by atoms with Gasteiger partial charge in [0.15, 0.2) is 5.75 Å². The molecule has 1 aromatic heterocycles. The summed E-state index contributed by atoms with van der Waals surface area (Å²) in [6.45, 7) is 0.188. The molecule has 2 aromatic rings. The highest BCUT2D eigenvalue weighted by Crippen LogP contribution is 2.37. The van der Waals surface area contributed by atoms with Crippen LogP contribution in [0.25, 0.3) is 0 Å². The first-order valence-corrected chi connectivity index (χ1v) is 5.77. The summed E-state index contributed by atoms with van der Waals surface area (Å²) in [5.74, 6) is 3.37. The van der Waals surface area contributed by atoms with E-state index in [0.29, 0.717) is 22.7 Å². The van der Waals surface area contributed by atoms with Gasteiger partial charge in [-0.15, -0.1) is 18.8 Å². The van der Waals surface area contributed by atoms with Crippen molar-refractivity contribution in [3.05, 3.63) is 48.3 Å². The summed E-state index contributed by atoms with van der Waals surface area (Å²) >= 11 is 0. The average Bonchev–Trinajstić information content (AvgIpc) is 2.56. The molecule has 1 aliphatic heterocycles. The third kappa shape index (κ3) is 2.20. The fourth-order valence-corrected chi connectivity index (χ4v) is 2.03. The lowest BCUT2D eigenvalue weighted by molar-refractivity contribution is 0.0990. The molecule has 20 heavy (non-hydrogen) atoms. The van der Waals surface area contributed by atoms with Gasteiger partial charge in [0, 0.05) is 6.20 Å². The molecule has 1 aromatic carbocycles. The monoisotopic (exact) mass is 286 g/mol. The van der Waals surface area contributed by atoms with E-state index in [0.717, 1.165) is 0 Å². The highest BCUT2D eigenvalue weighted by Gasteiger charge is 2.27. The summed E-state index contributed by atoms with van der Waals surface area (Å²) in [6, 6.07) is 8.81. The first-order chi connectivity index (χ1) is 9.31. The first kappa shape index (κ1) is 13.9. The minimum atomic E-state index is -0.168. The van der Waals surface area contributed by atoms with E-state index < -0.39 is 0 Å². The summed E-state index contributed by atoms with van der Waals surface area (Å²) in [4.78, 5) is 18.1. The number of amides is 1. The zero-order valence-electron chi connectivity index (χ0n) is 10.4. The maximum Gasteiger partial charge on any atom is 0.263 e. The Bertz CT molecular complexity index is 694. The second-order valence-corrected chi connectivity index (χ2v) is 4.04. The first-order valence-electron chi connectivity index (χ1n) is 5.77. The number of benzene rings is 1. The number of ether oxygens (including phenoxy) is 1. The quantitative estimate of drug-likeness (QED) is 0.757. The molecule has 0 atom stereocenters. The van der Waals surface area contributed by atoms with Crippen LogP contribution < -0.4 is 9.64 Å². The van der Waals surface area contributed by atoms with Gasteiger partial charge in [0.25, 0.3) is 5.91 Å². The van der Waals surface area contributed by atoms with Crippen LogP contribution in [0.1, 0.15) is 10.4 Å². The fourth-order valence-electron chi connectivity index (χ4n) is 2.03. The van der Waals surface area contributed by atoms with Crippen molar-refractivity contribution in [2.75, 3.05) is 11.4 Å². The van der Waals surface area contributed by atoms with E-state index in [9.17, 15) is 4.79 Å². The van der Waals surface area contributed by atoms with Crippen molar-refractivity contribution in [3.8, 4) is 23.8 Å². The molecule has 0 radical (unpaired) electrons. The summed E-state index contributed by atoms with van der Waals surface area (Å²) in [7, 11) is 0. The highest BCUT2D eigenvalue weighted by molar-refractivity contribution is 6.09. The number of aromatic nitrogens is 1. The zero-order chi connectivity index (χ0) is 13.2. The highest BCUT2D eigenvalue weighted by atomic mass is 35.5. The summed E-state index contributed by atoms with van der Waals surface area (Å²) in [6.07, 6.45) is 8.53. The van der Waals surface area contributed by atoms with E-state index in [-0.39, 0.29) is 24.9 Å². The molecule has 0 spiro atoms. The summed E-state index contributed by atoms with van der Waals surface area (Å²) in [5, 5.41) is 0. The molecule has 4 nitrogen and oxygen atoms in total. The van der Waals surface area contributed by atoms with E-state index in [2.05, 4.69) is 10.9 Å². The van der Waals surface area contributed by atoms with E-state index in [4.69, 9.17) is 11.2 Å². The van der Waals surface area contributed by atoms with Crippen LogP contribution in [0, 0.1) is 12.3 Å². The second kappa shape index (κ2) is 5.64. The Kier molecular flexibility index (Phi) is 3.92. The molecule has 0 bridgehead atoms. The van der Waals surface area contributed by atoms with Crippen molar-refractivity contribution < 1.29 is 9.53 Å². The molecule has 5 heteroatoms. The molecule has 0 N–H and O–H groups in total. The third-order valence-electron chi connectivity index (χ3n) is 2.89. The predicted molar refractivity (Wildman–Crippen MR) is 78.5 cm³/mol. The number of carbonyl (C=O) groups is 1. The largest absolute Gasteiger partial charge is 0.453 e. The van der Waals surface area contributed by atoms with Gasteiger partial charge >= 0.3 is 0 Å². The van der Waals surface area contributed by atoms with Crippen molar-refractivity contribution in [2.24, 2.45) is 0 Å². The average molecular weight is 287 g/mol. The van der Waals surface area contributed by atoms with Crippen LogP contribution in [0.4, 0.5) is 5.69 Å². The molecule has 0 saturated heterocycles. The molecular formula is C15H11ClN2O2. The molecule has 0 unspecified atom stereocenters. The van der Waals surface area contributed by atoms with Crippen molar-refractivity contribution >= 4 is 24.0 Å². The topological polar surface area (TPSA) is 42.4 Å². The smallest absolute Gasteiger partial charge is 0.263 e. The van der Waals surface area contributed by atoms with Gasteiger partial charge in [-0.1, -0.05) is 18.1 Å². The maximum atomic E-state index is 12.5. The minimum Gasteiger partial charge on any atom is -0.453 e. The molecule has 3 rings (SSSR count). The Morgan fingerprint density at radius 1 is 1.25 bits per heavy atom. The number of hydrogen-bond acceptors (Lipinski definition) is 3. The normalized spacial score (nSPS) is 12.2. The second-order valence-electron chi connectivity index (χ2n) is 4.04. The Morgan fingerprint density at radius 3 is 2.85 bits per heavy atom. The van der Waals surface area contributed by atoms with Crippen LogP contribution in [0.15, 0.2) is 42.7 Å². The molecule has 100 valence electrons. The van der Waals surface area contributed by atoms with Crippen molar-refractivity contribution in [2.45, 2.75) is 0 Å². The van der Waals surface area contributed by atoms with E-state index in [1.165, 1.54) is 4.90 Å². The standard InChI is InChI=1S/C15H10N2O2.ClH/c1-2-9-17-12-7-8-16-10-14(12)19-13-6-4-3-5-11(13)15(17)18;/h1,3-8,10H,9H2;1H. The Hall–Kier alpha value is -2.51. The molecule has 2 heterocycles. The molecule has 0 aliphatic carbocycles. The van der Waals surface area contributed by atoms with Gasteiger partial charge in [-0.3, -0.25) is 14.7 Å². The van der Waals surface area contributed by atoms with Crippen LogP contribution in [-0.4, -0.2) is 17.4 Å². The van der Waals surface area contributed by atoms with Gasteiger partial charge in [0.1, 0.15) is 5.75 Å². The van der Waals surface area contributed by atoms with Crippen LogP contribution in [0.2, 0.25) is 0 Å². The van der Waals surface area contributed by atoms with Gasteiger partial charge in [-0.25, -0.2) is 0 Å². The van der Waals surface area contributed by atoms with Crippen molar-refractivity contribution in [1.82, 2.24) is 4.98 Å². The number of pyridine rings is 1. The van der Waals surface area contributed by atoms with Crippen LogP contribution in [0.5, 0.6) is 11.5 Å². The number of anilines is 1. The number of carbonyl (C=O) groups excluding carboxylic acids is 1. The third-order valence-corrected chi connectivity index (χ3v) is 2.89. The van der Waals surface area contributed by atoms with Crippen LogP contribution in [-0.2, 0) is 0 Å². The molecule has 0 fully saturated rings. The van der Waals surface area contributed by atoms with E-state index in [1.807, 2.05) is 6.07 Å². The van der Waals surface area contributed by atoms with Gasteiger partial charge in [-0.05, 0) is 18.2 Å². The molecule has 1 amide bonds. The van der Waals surface area contributed by atoms with Gasteiger partial charge in [0.05, 0.1) is 24.0 Å². The van der Waals surface area contributed by atoms with E-state index in [1.54, 1.807) is 36.7 Å². The molecule has 0 saturated carbocycles. The SMILES string of the molecule is C#CCN1C(=O)c2ccccc2Oc2cnccc21.Cl. The Labute approximate surface area is 122 Å². The van der Waals surface area contributed by atoms with Crippen LogP contribution in [0.3, 0.4) is 0 Å². The lowest BCUT2D eigenvalue weighted by Gasteiger charge is -2.18. The van der Waals surface area contributed by atoms with Gasteiger partial charge < -0.3 is 4.74 Å². The van der Waals surface area contributed by atoms with Crippen molar-refractivity contribution in [1.29, 1.82) is 0 Å². The number of nitrogens with zero attached hydrogens (tertiary/aromatic N) is 2. The fraction of sp³-hybridized carbons (Fsp3) is 0.0667. The predicted octanol–water partition coefficient (Wildman–Crippen LogP) is 2.89. The lowest BCUT2D eigenvalue weighted by atomic mass is 10.1. The lowest BCUT2D eigenvalue weighted by Crippen LogP contribution is -2.30. The number of terminal acetylenes is 1. The minimum absolute atomic E-state index is 0. The van der Waals surface area contributed by atoms with E-state index >= 15 is 0 Å². The van der Waals surface area contributed by atoms with Gasteiger partial charge in [0.2, 0.25) is 0 Å². The summed E-state index contributed by atoms with van der Waals surface area (Å²) < 4.78 is 5.76. The molecular weight excluding hydrogens is 276 g/mol.